The number of rotatable bonds is 6. The highest BCUT2D eigenvalue weighted by Gasteiger charge is 2.43. The van der Waals surface area contributed by atoms with Crippen LogP contribution in [0.25, 0.3) is 11.3 Å². The molecule has 0 aliphatic carbocycles. The van der Waals surface area contributed by atoms with E-state index < -0.39 is 34.3 Å². The normalized spacial score (nSPS) is 18.3. The molecule has 0 fully saturated rings. The number of carbonyl (C=O) groups excluding carboxylic acids is 1. The molecule has 0 unspecified atom stereocenters. The zero-order valence-electron chi connectivity index (χ0n) is 21.4. The number of aromatic nitrogens is 1. The molecule has 2 atom stereocenters. The first-order chi connectivity index (χ1) is 17.8. The van der Waals surface area contributed by atoms with Gasteiger partial charge in [-0.3, -0.25) is 0 Å². The van der Waals surface area contributed by atoms with E-state index in [0.29, 0.717) is 17.2 Å². The van der Waals surface area contributed by atoms with Crippen LogP contribution in [0.5, 0.6) is 5.75 Å². The number of aliphatic hydroxyl groups excluding tert-OH is 1. The molecule has 3 aromatic rings. The standard InChI is InChI=1S/C28H29ClF2N2O5/c1-26(2,3)38-25(35)32-13-28(36,16-8-6-5-7-9-16)22-11-18-24(37-15-27(18,4)14-34)23(33-22)17-10-19(29)21(31)12-20(17)30/h5-12,34,36H,13-15H2,1-4H3,(H,32,35)/t27-,28+/m0/s1. The maximum absolute atomic E-state index is 15.0. The van der Waals surface area contributed by atoms with Gasteiger partial charge in [0, 0.05) is 17.2 Å². The minimum atomic E-state index is -1.92. The van der Waals surface area contributed by atoms with Crippen LogP contribution in [-0.2, 0) is 15.8 Å². The van der Waals surface area contributed by atoms with Crippen LogP contribution >= 0.6 is 11.6 Å². The summed E-state index contributed by atoms with van der Waals surface area (Å²) in [4.78, 5) is 17.1. The lowest BCUT2D eigenvalue weighted by molar-refractivity contribution is 0.0382. The molecule has 4 rings (SSSR count). The van der Waals surface area contributed by atoms with Crippen molar-refractivity contribution in [1.29, 1.82) is 0 Å². The number of nitrogens with one attached hydrogen (secondary N) is 1. The zero-order valence-corrected chi connectivity index (χ0v) is 22.2. The van der Waals surface area contributed by atoms with Crippen molar-refractivity contribution in [2.24, 2.45) is 0 Å². The van der Waals surface area contributed by atoms with Crippen LogP contribution in [0.4, 0.5) is 13.6 Å². The van der Waals surface area contributed by atoms with Gasteiger partial charge in [-0.25, -0.2) is 18.6 Å². The third kappa shape index (κ3) is 5.32. The Morgan fingerprint density at radius 2 is 1.87 bits per heavy atom. The summed E-state index contributed by atoms with van der Waals surface area (Å²) in [6.45, 7) is 6.29. The molecule has 0 spiro atoms. The van der Waals surface area contributed by atoms with Gasteiger partial charge in [0.15, 0.2) is 0 Å². The average Bonchev–Trinajstić information content (AvgIpc) is 3.21. The molecule has 10 heteroatoms. The molecule has 2 heterocycles. The number of benzene rings is 2. The summed E-state index contributed by atoms with van der Waals surface area (Å²) in [6.07, 6.45) is -0.756. The summed E-state index contributed by atoms with van der Waals surface area (Å²) in [5.74, 6) is -1.69. The quantitative estimate of drug-likeness (QED) is 0.373. The van der Waals surface area contributed by atoms with Gasteiger partial charge in [0.2, 0.25) is 0 Å². The minimum absolute atomic E-state index is 0.0271. The van der Waals surface area contributed by atoms with E-state index in [-0.39, 0.29) is 47.5 Å². The molecule has 38 heavy (non-hydrogen) atoms. The fraction of sp³-hybridized carbons (Fsp3) is 0.357. The Morgan fingerprint density at radius 3 is 2.50 bits per heavy atom. The first-order valence-corrected chi connectivity index (χ1v) is 12.3. The van der Waals surface area contributed by atoms with Crippen LogP contribution in [0.3, 0.4) is 0 Å². The highest BCUT2D eigenvalue weighted by molar-refractivity contribution is 6.31. The van der Waals surface area contributed by atoms with Crippen LogP contribution in [0.1, 0.15) is 44.5 Å². The maximum atomic E-state index is 15.0. The second kappa shape index (κ2) is 10.1. The third-order valence-corrected chi connectivity index (χ3v) is 6.62. The number of hydrogen-bond acceptors (Lipinski definition) is 6. The first kappa shape index (κ1) is 27.8. The highest BCUT2D eigenvalue weighted by atomic mass is 35.5. The number of alkyl carbamates (subject to hydrolysis) is 1. The van der Waals surface area contributed by atoms with E-state index in [2.05, 4.69) is 10.3 Å². The fourth-order valence-electron chi connectivity index (χ4n) is 4.23. The Morgan fingerprint density at radius 1 is 1.18 bits per heavy atom. The van der Waals surface area contributed by atoms with Crippen molar-refractivity contribution < 1.29 is 33.3 Å². The SMILES string of the molecule is CC(C)(C)OC(=O)NC[C@@](O)(c1ccccc1)c1cc2c(c(-c3cc(Cl)c(F)cc3F)n1)OC[C@]2(C)CO. The number of carbonyl (C=O) groups is 1. The Hall–Kier alpha value is -3.27. The van der Waals surface area contributed by atoms with E-state index in [4.69, 9.17) is 21.1 Å². The summed E-state index contributed by atoms with van der Waals surface area (Å²) in [5, 5.41) is 24.5. The van der Waals surface area contributed by atoms with Gasteiger partial charge in [0.25, 0.3) is 0 Å². The second-order valence-electron chi connectivity index (χ2n) is 10.6. The predicted octanol–water partition coefficient (Wildman–Crippen LogP) is 5.08. The number of ether oxygens (including phenoxy) is 2. The fourth-order valence-corrected chi connectivity index (χ4v) is 4.40. The number of pyridine rings is 1. The molecular formula is C28H29ClF2N2O5. The first-order valence-electron chi connectivity index (χ1n) is 12.0. The summed E-state index contributed by atoms with van der Waals surface area (Å²) in [5.41, 5.74) is -2.87. The van der Waals surface area contributed by atoms with E-state index in [1.807, 2.05) is 0 Å². The van der Waals surface area contributed by atoms with Crippen molar-refractivity contribution in [2.45, 2.75) is 44.3 Å². The largest absolute Gasteiger partial charge is 0.490 e. The van der Waals surface area contributed by atoms with Crippen molar-refractivity contribution in [1.82, 2.24) is 10.3 Å². The van der Waals surface area contributed by atoms with Crippen molar-refractivity contribution >= 4 is 17.7 Å². The number of amides is 1. The summed E-state index contributed by atoms with van der Waals surface area (Å²) in [7, 11) is 0. The second-order valence-corrected chi connectivity index (χ2v) is 11.0. The molecule has 202 valence electrons. The summed E-state index contributed by atoms with van der Waals surface area (Å²) < 4.78 is 40.2. The third-order valence-electron chi connectivity index (χ3n) is 6.33. The zero-order chi connectivity index (χ0) is 27.9. The molecule has 1 amide bonds. The van der Waals surface area contributed by atoms with E-state index in [0.717, 1.165) is 6.07 Å². The molecule has 0 saturated heterocycles. The molecule has 0 bridgehead atoms. The minimum Gasteiger partial charge on any atom is -0.490 e. The topological polar surface area (TPSA) is 101 Å². The Balaban J connectivity index is 1.92. The Kier molecular flexibility index (Phi) is 7.40. The number of aliphatic hydroxyl groups is 2. The molecule has 1 aromatic heterocycles. The number of hydrogen-bond donors (Lipinski definition) is 3. The van der Waals surface area contributed by atoms with Crippen molar-refractivity contribution in [3.05, 3.63) is 82.0 Å². The summed E-state index contributed by atoms with van der Waals surface area (Å²) >= 11 is 5.97. The molecule has 0 radical (unpaired) electrons. The van der Waals surface area contributed by atoms with Gasteiger partial charge in [-0.2, -0.15) is 0 Å². The van der Waals surface area contributed by atoms with E-state index >= 15 is 4.39 Å². The lowest BCUT2D eigenvalue weighted by Gasteiger charge is -2.31. The number of nitrogens with zero attached hydrogens (tertiary/aromatic N) is 1. The van der Waals surface area contributed by atoms with E-state index in [9.17, 15) is 19.4 Å². The van der Waals surface area contributed by atoms with Crippen LogP contribution in [0.15, 0.2) is 48.5 Å². The van der Waals surface area contributed by atoms with Crippen LogP contribution < -0.4 is 10.1 Å². The summed E-state index contributed by atoms with van der Waals surface area (Å²) in [6, 6.07) is 11.8. The van der Waals surface area contributed by atoms with Gasteiger partial charge in [0.1, 0.15) is 40.9 Å². The molecule has 1 aliphatic rings. The van der Waals surface area contributed by atoms with Crippen molar-refractivity contribution in [3.63, 3.8) is 0 Å². The van der Waals surface area contributed by atoms with Crippen LogP contribution in [0.2, 0.25) is 5.02 Å². The van der Waals surface area contributed by atoms with E-state index in [1.54, 1.807) is 64.1 Å². The molecule has 1 aliphatic heterocycles. The molecule has 2 aromatic carbocycles. The molecule has 7 nitrogen and oxygen atoms in total. The number of fused-ring (bicyclic) bond motifs is 1. The lowest BCUT2D eigenvalue weighted by Crippen LogP contribution is -2.44. The number of halogens is 3. The molecule has 0 saturated carbocycles. The van der Waals surface area contributed by atoms with Gasteiger partial charge < -0.3 is 25.0 Å². The van der Waals surface area contributed by atoms with Gasteiger partial charge in [-0.05, 0) is 45.4 Å². The van der Waals surface area contributed by atoms with Gasteiger partial charge in [-0.15, -0.1) is 0 Å². The van der Waals surface area contributed by atoms with Crippen molar-refractivity contribution in [3.8, 4) is 17.0 Å². The van der Waals surface area contributed by atoms with Gasteiger partial charge >= 0.3 is 6.09 Å². The van der Waals surface area contributed by atoms with Gasteiger partial charge in [0.05, 0.1) is 29.3 Å². The Bertz CT molecular complexity index is 1370. The Labute approximate surface area is 224 Å². The molecule has 3 N–H and O–H groups in total. The smallest absolute Gasteiger partial charge is 0.407 e. The highest BCUT2D eigenvalue weighted by Crippen LogP contribution is 2.47. The molecular weight excluding hydrogens is 518 g/mol. The van der Waals surface area contributed by atoms with Crippen molar-refractivity contribution in [2.75, 3.05) is 19.8 Å². The lowest BCUT2D eigenvalue weighted by atomic mass is 9.81. The average molecular weight is 547 g/mol. The van der Waals surface area contributed by atoms with Gasteiger partial charge in [-0.1, -0.05) is 41.9 Å². The predicted molar refractivity (Wildman–Crippen MR) is 138 cm³/mol. The maximum Gasteiger partial charge on any atom is 0.407 e. The van der Waals surface area contributed by atoms with E-state index in [1.165, 1.54) is 0 Å². The monoisotopic (exact) mass is 546 g/mol. The van der Waals surface area contributed by atoms with Crippen LogP contribution in [-0.4, -0.2) is 46.6 Å². The van der Waals surface area contributed by atoms with Crippen LogP contribution in [0, 0.1) is 11.6 Å².